The molecule has 1 aromatic rings. The number of aliphatic hydroxyl groups is 2. The van der Waals surface area contributed by atoms with E-state index in [4.69, 9.17) is 0 Å². The largest absolute Gasteiger partial charge is 0.393 e. The van der Waals surface area contributed by atoms with Crippen LogP contribution in [-0.4, -0.2) is 34.4 Å². The summed E-state index contributed by atoms with van der Waals surface area (Å²) in [6.07, 6.45) is 5.16. The Kier molecular flexibility index (Phi) is 6.87. The van der Waals surface area contributed by atoms with Gasteiger partial charge in [0.2, 0.25) is 5.91 Å². The third kappa shape index (κ3) is 6.16. The standard InChI is InChI=1S/C18H27NO3/c20-16-11-9-15(10-12-16)19-18(22)8-4-7-17(21)13-14-5-2-1-3-6-14/h1-3,5-6,15-17,20-21H,4,7-13H2,(H,19,22). The van der Waals surface area contributed by atoms with E-state index in [0.717, 1.165) is 31.2 Å². The molecule has 22 heavy (non-hydrogen) atoms. The van der Waals surface area contributed by atoms with E-state index in [2.05, 4.69) is 5.32 Å². The quantitative estimate of drug-likeness (QED) is 0.723. The number of hydrogen-bond acceptors (Lipinski definition) is 3. The minimum Gasteiger partial charge on any atom is -0.393 e. The zero-order chi connectivity index (χ0) is 15.8. The van der Waals surface area contributed by atoms with Crippen LogP contribution in [0.1, 0.15) is 50.5 Å². The first kappa shape index (κ1) is 17.0. The Morgan fingerprint density at radius 2 is 1.86 bits per heavy atom. The van der Waals surface area contributed by atoms with Gasteiger partial charge in [-0.25, -0.2) is 0 Å². The van der Waals surface area contributed by atoms with Gasteiger partial charge in [0.1, 0.15) is 0 Å². The molecule has 0 radical (unpaired) electrons. The van der Waals surface area contributed by atoms with Crippen molar-refractivity contribution in [3.63, 3.8) is 0 Å². The molecule has 0 aromatic heterocycles. The highest BCUT2D eigenvalue weighted by molar-refractivity contribution is 5.76. The third-order valence-electron chi connectivity index (χ3n) is 4.32. The maximum atomic E-state index is 11.9. The number of carbonyl (C=O) groups excluding carboxylic acids is 1. The molecule has 1 aliphatic carbocycles. The Balaban J connectivity index is 1.58. The zero-order valence-corrected chi connectivity index (χ0v) is 13.1. The predicted octanol–water partition coefficient (Wildman–Crippen LogP) is 2.18. The van der Waals surface area contributed by atoms with Crippen molar-refractivity contribution in [2.75, 3.05) is 0 Å². The Hall–Kier alpha value is -1.39. The minimum absolute atomic E-state index is 0.0632. The molecular formula is C18H27NO3. The van der Waals surface area contributed by atoms with Crippen molar-refractivity contribution in [1.82, 2.24) is 5.32 Å². The molecule has 3 N–H and O–H groups in total. The highest BCUT2D eigenvalue weighted by Crippen LogP contribution is 2.18. The first-order valence-corrected chi connectivity index (χ1v) is 8.33. The molecule has 1 atom stereocenters. The van der Waals surface area contributed by atoms with Crippen LogP contribution >= 0.6 is 0 Å². The maximum Gasteiger partial charge on any atom is 0.220 e. The van der Waals surface area contributed by atoms with Crippen molar-refractivity contribution in [2.24, 2.45) is 0 Å². The molecule has 1 aromatic carbocycles. The van der Waals surface area contributed by atoms with Crippen molar-refractivity contribution in [2.45, 2.75) is 69.6 Å². The van der Waals surface area contributed by atoms with E-state index in [1.165, 1.54) is 0 Å². The van der Waals surface area contributed by atoms with E-state index in [9.17, 15) is 15.0 Å². The molecule has 1 saturated carbocycles. The summed E-state index contributed by atoms with van der Waals surface area (Å²) in [6.45, 7) is 0. The van der Waals surface area contributed by atoms with Crippen molar-refractivity contribution in [3.8, 4) is 0 Å². The Labute approximate surface area is 132 Å². The van der Waals surface area contributed by atoms with Gasteiger partial charge in [-0.3, -0.25) is 4.79 Å². The van der Waals surface area contributed by atoms with Gasteiger partial charge < -0.3 is 15.5 Å². The maximum absolute atomic E-state index is 11.9. The molecule has 122 valence electrons. The van der Waals surface area contributed by atoms with E-state index in [1.807, 2.05) is 30.3 Å². The molecule has 0 saturated heterocycles. The summed E-state index contributed by atoms with van der Waals surface area (Å²) in [7, 11) is 0. The number of aliphatic hydroxyl groups excluding tert-OH is 2. The van der Waals surface area contributed by atoms with Crippen LogP contribution in [0.2, 0.25) is 0 Å². The number of carbonyl (C=O) groups is 1. The third-order valence-corrected chi connectivity index (χ3v) is 4.32. The second-order valence-electron chi connectivity index (χ2n) is 6.31. The molecular weight excluding hydrogens is 278 g/mol. The fourth-order valence-electron chi connectivity index (χ4n) is 3.01. The monoisotopic (exact) mass is 305 g/mol. The lowest BCUT2D eigenvalue weighted by molar-refractivity contribution is -0.122. The molecule has 1 unspecified atom stereocenters. The van der Waals surface area contributed by atoms with Gasteiger partial charge in [-0.1, -0.05) is 30.3 Å². The minimum atomic E-state index is -0.389. The number of amides is 1. The summed E-state index contributed by atoms with van der Waals surface area (Å²) < 4.78 is 0. The van der Waals surface area contributed by atoms with Crippen molar-refractivity contribution in [3.05, 3.63) is 35.9 Å². The lowest BCUT2D eigenvalue weighted by atomic mass is 9.93. The van der Waals surface area contributed by atoms with Gasteiger partial charge in [0.05, 0.1) is 12.2 Å². The summed E-state index contributed by atoms with van der Waals surface area (Å²) in [4.78, 5) is 11.9. The summed E-state index contributed by atoms with van der Waals surface area (Å²) in [5.41, 5.74) is 1.13. The molecule has 0 bridgehead atoms. The van der Waals surface area contributed by atoms with Gasteiger partial charge in [-0.15, -0.1) is 0 Å². The Morgan fingerprint density at radius 1 is 1.18 bits per heavy atom. The molecule has 1 aliphatic rings. The van der Waals surface area contributed by atoms with E-state index in [1.54, 1.807) is 0 Å². The van der Waals surface area contributed by atoms with E-state index in [-0.39, 0.29) is 24.2 Å². The normalized spacial score (nSPS) is 23.0. The van der Waals surface area contributed by atoms with Crippen LogP contribution in [0.25, 0.3) is 0 Å². The molecule has 0 spiro atoms. The summed E-state index contributed by atoms with van der Waals surface area (Å²) >= 11 is 0. The first-order chi connectivity index (χ1) is 10.6. The van der Waals surface area contributed by atoms with Crippen LogP contribution in [0, 0.1) is 0 Å². The number of hydrogen-bond donors (Lipinski definition) is 3. The van der Waals surface area contributed by atoms with Crippen molar-refractivity contribution >= 4 is 5.91 Å². The predicted molar refractivity (Wildman–Crippen MR) is 86.4 cm³/mol. The van der Waals surface area contributed by atoms with Crippen LogP contribution in [0.3, 0.4) is 0 Å². The molecule has 1 fully saturated rings. The lowest BCUT2D eigenvalue weighted by Crippen LogP contribution is -2.38. The topological polar surface area (TPSA) is 69.6 Å². The van der Waals surface area contributed by atoms with Gasteiger partial charge >= 0.3 is 0 Å². The molecule has 4 heteroatoms. The summed E-state index contributed by atoms with van der Waals surface area (Å²) in [6, 6.07) is 10.1. The number of rotatable bonds is 7. The fourth-order valence-corrected chi connectivity index (χ4v) is 3.01. The molecule has 0 aliphatic heterocycles. The lowest BCUT2D eigenvalue weighted by Gasteiger charge is -2.26. The van der Waals surface area contributed by atoms with Gasteiger partial charge in [-0.2, -0.15) is 0 Å². The Morgan fingerprint density at radius 3 is 2.55 bits per heavy atom. The Bertz CT molecular complexity index is 441. The molecule has 2 rings (SSSR count). The SMILES string of the molecule is O=C(CCCC(O)Cc1ccccc1)NC1CCC(O)CC1. The fraction of sp³-hybridized carbons (Fsp3) is 0.611. The van der Waals surface area contributed by atoms with Crippen LogP contribution in [-0.2, 0) is 11.2 Å². The zero-order valence-electron chi connectivity index (χ0n) is 13.1. The first-order valence-electron chi connectivity index (χ1n) is 8.33. The smallest absolute Gasteiger partial charge is 0.220 e. The highest BCUT2D eigenvalue weighted by atomic mass is 16.3. The van der Waals surface area contributed by atoms with Gasteiger partial charge in [0.25, 0.3) is 0 Å². The van der Waals surface area contributed by atoms with Crippen molar-refractivity contribution < 1.29 is 15.0 Å². The van der Waals surface area contributed by atoms with Crippen LogP contribution in [0.5, 0.6) is 0 Å². The van der Waals surface area contributed by atoms with E-state index >= 15 is 0 Å². The molecule has 0 heterocycles. The summed E-state index contributed by atoms with van der Waals surface area (Å²) in [5, 5.41) is 22.5. The highest BCUT2D eigenvalue weighted by Gasteiger charge is 2.20. The van der Waals surface area contributed by atoms with Crippen LogP contribution in [0.15, 0.2) is 30.3 Å². The molecule has 4 nitrogen and oxygen atoms in total. The number of nitrogens with one attached hydrogen (secondary N) is 1. The average Bonchev–Trinajstić information content (AvgIpc) is 2.50. The van der Waals surface area contributed by atoms with Crippen LogP contribution in [0.4, 0.5) is 0 Å². The number of benzene rings is 1. The van der Waals surface area contributed by atoms with Crippen LogP contribution < -0.4 is 5.32 Å². The van der Waals surface area contributed by atoms with Gasteiger partial charge in [0.15, 0.2) is 0 Å². The second kappa shape index (κ2) is 8.91. The molecule has 1 amide bonds. The summed E-state index contributed by atoms with van der Waals surface area (Å²) in [5.74, 6) is 0.0632. The average molecular weight is 305 g/mol. The van der Waals surface area contributed by atoms with Gasteiger partial charge in [-0.05, 0) is 50.5 Å². The van der Waals surface area contributed by atoms with Gasteiger partial charge in [0, 0.05) is 12.5 Å². The second-order valence-corrected chi connectivity index (χ2v) is 6.31. The van der Waals surface area contributed by atoms with E-state index < -0.39 is 0 Å². The van der Waals surface area contributed by atoms with Crippen molar-refractivity contribution in [1.29, 1.82) is 0 Å². The van der Waals surface area contributed by atoms with E-state index in [0.29, 0.717) is 25.7 Å².